The van der Waals surface area contributed by atoms with E-state index in [1.807, 2.05) is 67.3 Å². The number of imidazole rings is 1. The lowest BCUT2D eigenvalue weighted by Gasteiger charge is -2.25. The van der Waals surface area contributed by atoms with Crippen molar-refractivity contribution in [3.8, 4) is 5.69 Å². The summed E-state index contributed by atoms with van der Waals surface area (Å²) in [4.78, 5) is 18.6. The highest BCUT2D eigenvalue weighted by Gasteiger charge is 2.14. The highest BCUT2D eigenvalue weighted by Crippen LogP contribution is 2.13. The van der Waals surface area contributed by atoms with Crippen molar-refractivity contribution in [1.29, 1.82) is 0 Å². The van der Waals surface area contributed by atoms with Gasteiger partial charge >= 0.3 is 6.03 Å². The monoisotopic (exact) mass is 377 g/mol. The van der Waals surface area contributed by atoms with E-state index in [2.05, 4.69) is 32.7 Å². The van der Waals surface area contributed by atoms with Gasteiger partial charge in [-0.2, -0.15) is 0 Å². The Bertz CT molecular complexity index is 862. The fraction of sp³-hybridized carbons (Fsp3) is 0.273. The minimum absolute atomic E-state index is 0.166. The third kappa shape index (κ3) is 5.44. The van der Waals surface area contributed by atoms with E-state index in [9.17, 15) is 4.79 Å². The van der Waals surface area contributed by atoms with Crippen LogP contribution in [0, 0.1) is 0 Å². The van der Waals surface area contributed by atoms with E-state index in [1.54, 1.807) is 12.5 Å². The average Bonchev–Trinajstić information content (AvgIpc) is 3.25. The van der Waals surface area contributed by atoms with Gasteiger partial charge in [-0.05, 0) is 37.7 Å². The fourth-order valence-corrected chi connectivity index (χ4v) is 3.09. The van der Waals surface area contributed by atoms with E-state index in [0.717, 1.165) is 17.7 Å². The quantitative estimate of drug-likeness (QED) is 0.635. The Hall–Kier alpha value is -3.12. The second-order valence-corrected chi connectivity index (χ2v) is 6.97. The van der Waals surface area contributed by atoms with E-state index < -0.39 is 0 Å². The van der Waals surface area contributed by atoms with Crippen LogP contribution in [0.15, 0.2) is 73.3 Å². The maximum atomic E-state index is 12.3. The van der Waals surface area contributed by atoms with Crippen molar-refractivity contribution in [2.45, 2.75) is 19.0 Å². The molecule has 6 nitrogen and oxygen atoms in total. The van der Waals surface area contributed by atoms with Crippen LogP contribution in [0.25, 0.3) is 5.69 Å². The molecule has 28 heavy (non-hydrogen) atoms. The number of nitrogens with zero attached hydrogens (tertiary/aromatic N) is 3. The highest BCUT2D eigenvalue weighted by atomic mass is 16.2. The van der Waals surface area contributed by atoms with Gasteiger partial charge < -0.3 is 20.1 Å². The number of carbonyl (C=O) groups is 1. The van der Waals surface area contributed by atoms with Gasteiger partial charge in [0, 0.05) is 31.5 Å². The Labute approximate surface area is 166 Å². The number of amides is 2. The summed E-state index contributed by atoms with van der Waals surface area (Å²) >= 11 is 0. The first kappa shape index (κ1) is 19.6. The molecule has 6 heteroatoms. The zero-order chi connectivity index (χ0) is 19.8. The number of carbonyl (C=O) groups excluding carboxylic acids is 1. The Morgan fingerprint density at radius 3 is 2.54 bits per heavy atom. The van der Waals surface area contributed by atoms with Gasteiger partial charge in [0.2, 0.25) is 0 Å². The van der Waals surface area contributed by atoms with Crippen LogP contribution in [-0.4, -0.2) is 47.2 Å². The van der Waals surface area contributed by atoms with E-state index in [4.69, 9.17) is 0 Å². The van der Waals surface area contributed by atoms with Gasteiger partial charge in [0.05, 0.1) is 12.0 Å². The summed E-state index contributed by atoms with van der Waals surface area (Å²) in [6.07, 6.45) is 6.27. The molecule has 1 unspecified atom stereocenters. The van der Waals surface area contributed by atoms with Crippen LogP contribution in [0.5, 0.6) is 0 Å². The van der Waals surface area contributed by atoms with Crippen LogP contribution in [-0.2, 0) is 13.0 Å². The van der Waals surface area contributed by atoms with E-state index >= 15 is 0 Å². The summed E-state index contributed by atoms with van der Waals surface area (Å²) in [5.41, 5.74) is 3.30. The summed E-state index contributed by atoms with van der Waals surface area (Å²) in [6.45, 7) is 1.03. The van der Waals surface area contributed by atoms with Crippen molar-refractivity contribution in [2.75, 3.05) is 20.6 Å². The minimum atomic E-state index is -0.166. The lowest BCUT2D eigenvalue weighted by molar-refractivity contribution is 0.231. The van der Waals surface area contributed by atoms with Gasteiger partial charge in [0.15, 0.2) is 0 Å². The van der Waals surface area contributed by atoms with Gasteiger partial charge in [-0.1, -0.05) is 48.5 Å². The zero-order valence-corrected chi connectivity index (χ0v) is 16.4. The van der Waals surface area contributed by atoms with E-state index in [0.29, 0.717) is 13.1 Å². The van der Waals surface area contributed by atoms with Crippen LogP contribution in [0.4, 0.5) is 4.79 Å². The first-order valence-electron chi connectivity index (χ1n) is 9.42. The highest BCUT2D eigenvalue weighted by molar-refractivity contribution is 5.74. The number of benzene rings is 2. The Kier molecular flexibility index (Phi) is 6.81. The second kappa shape index (κ2) is 9.71. The summed E-state index contributed by atoms with van der Waals surface area (Å²) in [7, 11) is 4.07. The van der Waals surface area contributed by atoms with E-state index in [1.165, 1.54) is 5.56 Å². The Balaban J connectivity index is 1.53. The third-order valence-corrected chi connectivity index (χ3v) is 4.76. The maximum absolute atomic E-state index is 12.3. The molecule has 0 aliphatic heterocycles. The zero-order valence-electron chi connectivity index (χ0n) is 16.4. The van der Waals surface area contributed by atoms with Crippen LogP contribution in [0.3, 0.4) is 0 Å². The standard InChI is InChI=1S/C22H27N5O/c1-26(2)20(14-18-8-4-3-5-9-18)16-25-22(28)24-15-19-10-6-7-11-21(19)27-13-12-23-17-27/h3-13,17,20H,14-16H2,1-2H3,(H2,24,25,28). The summed E-state index contributed by atoms with van der Waals surface area (Å²) < 4.78 is 1.94. The number of urea groups is 1. The maximum Gasteiger partial charge on any atom is 0.315 e. The first-order valence-corrected chi connectivity index (χ1v) is 9.42. The smallest absolute Gasteiger partial charge is 0.315 e. The molecule has 0 saturated heterocycles. The normalized spacial score (nSPS) is 12.0. The SMILES string of the molecule is CN(C)C(CNC(=O)NCc1ccccc1-n1ccnc1)Cc1ccccc1. The Morgan fingerprint density at radius 1 is 1.07 bits per heavy atom. The predicted molar refractivity (Wildman–Crippen MR) is 111 cm³/mol. The molecule has 0 aliphatic rings. The van der Waals surface area contributed by atoms with Gasteiger partial charge in [-0.25, -0.2) is 9.78 Å². The van der Waals surface area contributed by atoms with Crippen molar-refractivity contribution in [2.24, 2.45) is 0 Å². The van der Waals surface area contributed by atoms with Crippen molar-refractivity contribution in [1.82, 2.24) is 25.1 Å². The summed E-state index contributed by atoms with van der Waals surface area (Å²) in [5.74, 6) is 0. The molecule has 2 N–H and O–H groups in total. The molecular formula is C22H27N5O. The Morgan fingerprint density at radius 2 is 1.82 bits per heavy atom. The van der Waals surface area contributed by atoms with E-state index in [-0.39, 0.29) is 12.1 Å². The molecule has 3 rings (SSSR count). The number of hydrogen-bond acceptors (Lipinski definition) is 3. The number of rotatable bonds is 8. The number of para-hydroxylation sites is 1. The molecule has 0 bridgehead atoms. The van der Waals surface area contributed by atoms with Crippen LogP contribution in [0.2, 0.25) is 0 Å². The third-order valence-electron chi connectivity index (χ3n) is 4.76. The van der Waals surface area contributed by atoms with Gasteiger partial charge in [-0.15, -0.1) is 0 Å². The van der Waals surface area contributed by atoms with Crippen molar-refractivity contribution in [3.63, 3.8) is 0 Å². The fourth-order valence-electron chi connectivity index (χ4n) is 3.09. The number of likely N-dealkylation sites (N-methyl/N-ethyl adjacent to an activating group) is 1. The molecule has 3 aromatic rings. The lowest BCUT2D eigenvalue weighted by Crippen LogP contribution is -2.45. The van der Waals surface area contributed by atoms with Crippen LogP contribution < -0.4 is 10.6 Å². The molecule has 1 atom stereocenters. The summed E-state index contributed by atoms with van der Waals surface area (Å²) in [5, 5.41) is 5.96. The number of nitrogens with one attached hydrogen (secondary N) is 2. The molecule has 146 valence electrons. The topological polar surface area (TPSA) is 62.2 Å². The molecule has 0 fully saturated rings. The number of aromatic nitrogens is 2. The lowest BCUT2D eigenvalue weighted by atomic mass is 10.1. The van der Waals surface area contributed by atoms with Gasteiger partial charge in [-0.3, -0.25) is 0 Å². The van der Waals surface area contributed by atoms with Crippen molar-refractivity contribution >= 4 is 6.03 Å². The van der Waals surface area contributed by atoms with Crippen molar-refractivity contribution < 1.29 is 4.79 Å². The molecule has 2 amide bonds. The molecule has 0 aliphatic carbocycles. The number of hydrogen-bond donors (Lipinski definition) is 2. The van der Waals surface area contributed by atoms with Crippen molar-refractivity contribution in [3.05, 3.63) is 84.4 Å². The largest absolute Gasteiger partial charge is 0.337 e. The molecule has 1 aromatic heterocycles. The molecule has 0 saturated carbocycles. The first-order chi connectivity index (χ1) is 13.6. The van der Waals surface area contributed by atoms with Gasteiger partial charge in [0.1, 0.15) is 0 Å². The summed E-state index contributed by atoms with van der Waals surface area (Å²) in [6, 6.07) is 18.4. The minimum Gasteiger partial charge on any atom is -0.337 e. The molecule has 1 heterocycles. The average molecular weight is 377 g/mol. The molecular weight excluding hydrogens is 350 g/mol. The van der Waals surface area contributed by atoms with Crippen LogP contribution in [0.1, 0.15) is 11.1 Å². The molecule has 2 aromatic carbocycles. The molecule has 0 radical (unpaired) electrons. The van der Waals surface area contributed by atoms with Gasteiger partial charge in [0.25, 0.3) is 0 Å². The predicted octanol–water partition coefficient (Wildman–Crippen LogP) is 2.84. The molecule has 0 spiro atoms. The second-order valence-electron chi connectivity index (χ2n) is 6.97. The van der Waals surface area contributed by atoms with Crippen LogP contribution >= 0.6 is 0 Å².